The van der Waals surface area contributed by atoms with Gasteiger partial charge in [0.15, 0.2) is 33.3 Å². The first kappa shape index (κ1) is 58.1. The van der Waals surface area contributed by atoms with Crippen LogP contribution in [0.1, 0.15) is 159 Å². The average Bonchev–Trinajstić information content (AvgIpc) is 3.67. The van der Waals surface area contributed by atoms with Crippen LogP contribution < -0.4 is 5.56 Å². The molecule has 0 aliphatic carbocycles. The Hall–Kier alpha value is -1.23. The smallest absolute Gasteiger partial charge is 0.274 e. The van der Waals surface area contributed by atoms with Crippen LogP contribution >= 0.6 is 0 Å². The van der Waals surface area contributed by atoms with Crippen molar-refractivity contribution in [3.8, 4) is 5.69 Å². The summed E-state index contributed by atoms with van der Waals surface area (Å²) in [6.07, 6.45) is 28.2. The number of ether oxygens (including phenoxy) is 1. The van der Waals surface area contributed by atoms with Crippen LogP contribution in [0, 0.1) is 6.92 Å². The standard InChI is InChI=1S/C53H100N2O6Si4/c1-15-16-17-18-19-20-21-22-23-24-25-32-37-50(59-63(6,7)8)52(61-65(12,13)14)41-40-51(60-64(9,10)11)49-39-38-47(57-49)35-30-27-31-36-48(58-62(3,4)5)43-45-42-44(2)54-55(53(45)56)46-33-28-26-29-34-46/h26,28-29,33-34,42,47-52H,15-25,27,30-32,35-41,43H2,1-14H3/t47-,48-,49+,50+,51+,52+/m1/s1. The van der Waals surface area contributed by atoms with Gasteiger partial charge in [0.05, 0.1) is 41.9 Å². The topological polar surface area (TPSA) is 81.0 Å². The zero-order valence-corrected chi connectivity index (χ0v) is 48.5. The van der Waals surface area contributed by atoms with Crippen molar-refractivity contribution in [3.05, 3.63) is 58.0 Å². The number of hydrogen-bond donors (Lipinski definition) is 0. The molecule has 0 saturated carbocycles. The predicted molar refractivity (Wildman–Crippen MR) is 287 cm³/mol. The van der Waals surface area contributed by atoms with Crippen molar-refractivity contribution in [2.75, 3.05) is 0 Å². The minimum atomic E-state index is -1.84. The van der Waals surface area contributed by atoms with Crippen LogP contribution in [0.4, 0.5) is 0 Å². The maximum Gasteiger partial charge on any atom is 0.274 e. The summed E-state index contributed by atoms with van der Waals surface area (Å²) in [6, 6.07) is 11.7. The van der Waals surface area contributed by atoms with Gasteiger partial charge in [-0.2, -0.15) is 9.78 Å². The van der Waals surface area contributed by atoms with Crippen LogP contribution in [-0.4, -0.2) is 79.7 Å². The third kappa shape index (κ3) is 25.8. The van der Waals surface area contributed by atoms with E-state index in [4.69, 9.17) is 22.4 Å². The van der Waals surface area contributed by atoms with E-state index in [1.54, 1.807) is 4.68 Å². The zero-order chi connectivity index (χ0) is 48.1. The van der Waals surface area contributed by atoms with E-state index in [9.17, 15) is 4.79 Å². The van der Waals surface area contributed by atoms with Crippen LogP contribution in [-0.2, 0) is 28.9 Å². The maximum atomic E-state index is 13.6. The molecule has 374 valence electrons. The first-order valence-electron chi connectivity index (χ1n) is 26.5. The van der Waals surface area contributed by atoms with Crippen molar-refractivity contribution in [3.63, 3.8) is 0 Å². The fraction of sp³-hybridized carbons (Fsp3) is 0.811. The summed E-state index contributed by atoms with van der Waals surface area (Å²) in [7, 11) is -7.30. The van der Waals surface area contributed by atoms with E-state index in [0.29, 0.717) is 6.42 Å². The minimum absolute atomic E-state index is 0.0148. The Bertz CT molecular complexity index is 1630. The van der Waals surface area contributed by atoms with Gasteiger partial charge in [0, 0.05) is 18.1 Å². The van der Waals surface area contributed by atoms with E-state index in [0.717, 1.165) is 81.2 Å². The largest absolute Gasteiger partial charge is 0.414 e. The van der Waals surface area contributed by atoms with Gasteiger partial charge in [0.1, 0.15) is 0 Å². The van der Waals surface area contributed by atoms with E-state index < -0.39 is 33.3 Å². The average molecular weight is 974 g/mol. The number of para-hydroxylation sites is 1. The van der Waals surface area contributed by atoms with Gasteiger partial charge in [-0.15, -0.1) is 0 Å². The molecule has 2 aromatic rings. The Balaban J connectivity index is 1.56. The molecule has 0 unspecified atom stereocenters. The molecule has 8 nitrogen and oxygen atoms in total. The van der Waals surface area contributed by atoms with Crippen LogP contribution in [0.25, 0.3) is 5.69 Å². The second-order valence-electron chi connectivity index (χ2n) is 23.5. The summed E-state index contributed by atoms with van der Waals surface area (Å²) in [4.78, 5) is 13.6. The molecule has 6 atom stereocenters. The summed E-state index contributed by atoms with van der Waals surface area (Å²) in [6.45, 7) is 32.0. The van der Waals surface area contributed by atoms with Gasteiger partial charge in [-0.1, -0.05) is 121 Å². The van der Waals surface area contributed by atoms with Gasteiger partial charge in [-0.05, 0) is 149 Å². The highest BCUT2D eigenvalue weighted by Crippen LogP contribution is 2.33. The molecule has 12 heteroatoms. The summed E-state index contributed by atoms with van der Waals surface area (Å²) in [5.41, 5.74) is 2.36. The molecule has 0 bridgehead atoms. The van der Waals surface area contributed by atoms with Crippen molar-refractivity contribution in [2.24, 2.45) is 0 Å². The van der Waals surface area contributed by atoms with Crippen molar-refractivity contribution < 1.29 is 22.4 Å². The zero-order valence-electron chi connectivity index (χ0n) is 44.5. The molecular weight excluding hydrogens is 873 g/mol. The fourth-order valence-electron chi connectivity index (χ4n) is 9.50. The lowest BCUT2D eigenvalue weighted by atomic mass is 9.97. The van der Waals surface area contributed by atoms with E-state index in [1.165, 1.54) is 77.0 Å². The summed E-state index contributed by atoms with van der Waals surface area (Å²) < 4.78 is 36.3. The SMILES string of the molecule is CCCCCCCCCCCCCC[C@H](O[Si](C)(C)C)[C@H](CC[C@H](O[Si](C)(C)C)[C@@H]1CC[C@@H](CCCCC[C@H](Cc2cc(C)nn(-c3ccccc3)c2=O)O[Si](C)(C)C)O1)O[Si](C)(C)C. The monoisotopic (exact) mass is 973 g/mol. The summed E-state index contributed by atoms with van der Waals surface area (Å²) in [5.74, 6) is 0. The lowest BCUT2D eigenvalue weighted by molar-refractivity contribution is -0.0408. The van der Waals surface area contributed by atoms with Gasteiger partial charge in [0.2, 0.25) is 0 Å². The molecule has 1 saturated heterocycles. The van der Waals surface area contributed by atoms with Crippen LogP contribution in [0.15, 0.2) is 41.2 Å². The minimum Gasteiger partial charge on any atom is -0.414 e. The second kappa shape index (κ2) is 29.1. The molecule has 0 amide bonds. The number of hydrogen-bond acceptors (Lipinski definition) is 7. The van der Waals surface area contributed by atoms with Crippen molar-refractivity contribution >= 4 is 33.3 Å². The van der Waals surface area contributed by atoms with E-state index in [-0.39, 0.29) is 42.2 Å². The lowest BCUT2D eigenvalue weighted by Crippen LogP contribution is -2.46. The van der Waals surface area contributed by atoms with Crippen molar-refractivity contribution in [2.45, 2.75) is 277 Å². The molecule has 0 N–H and O–H groups in total. The molecule has 3 rings (SSSR count). The summed E-state index contributed by atoms with van der Waals surface area (Å²) >= 11 is 0. The highest BCUT2D eigenvalue weighted by atomic mass is 28.4. The molecule has 1 aromatic heterocycles. The molecular formula is C53H100N2O6Si4. The normalized spacial score (nSPS) is 18.2. The molecule has 2 heterocycles. The Kier molecular flexibility index (Phi) is 26.0. The van der Waals surface area contributed by atoms with Crippen LogP contribution in [0.5, 0.6) is 0 Å². The van der Waals surface area contributed by atoms with E-state index in [1.807, 2.05) is 43.3 Å². The van der Waals surface area contributed by atoms with Crippen LogP contribution in [0.2, 0.25) is 78.6 Å². The number of nitrogens with zero attached hydrogens (tertiary/aromatic N) is 2. The number of rotatable bonds is 35. The molecule has 1 aliphatic rings. The molecule has 0 spiro atoms. The van der Waals surface area contributed by atoms with E-state index >= 15 is 0 Å². The summed E-state index contributed by atoms with van der Waals surface area (Å²) in [5, 5.41) is 4.57. The number of aromatic nitrogens is 2. The van der Waals surface area contributed by atoms with E-state index in [2.05, 4.69) is 90.6 Å². The second-order valence-corrected chi connectivity index (χ2v) is 41.3. The molecule has 65 heavy (non-hydrogen) atoms. The Labute approximate surface area is 404 Å². The Morgan fingerprint density at radius 1 is 0.615 bits per heavy atom. The number of aryl methyl sites for hydroxylation is 1. The van der Waals surface area contributed by atoms with Gasteiger partial charge < -0.3 is 22.4 Å². The van der Waals surface area contributed by atoms with Gasteiger partial charge in [-0.3, -0.25) is 4.79 Å². The van der Waals surface area contributed by atoms with Crippen molar-refractivity contribution in [1.82, 2.24) is 9.78 Å². The third-order valence-electron chi connectivity index (χ3n) is 12.2. The van der Waals surface area contributed by atoms with Gasteiger partial charge >= 0.3 is 0 Å². The molecule has 0 radical (unpaired) electrons. The maximum absolute atomic E-state index is 13.6. The predicted octanol–water partition coefficient (Wildman–Crippen LogP) is 15.3. The highest BCUT2D eigenvalue weighted by molar-refractivity contribution is 6.70. The first-order chi connectivity index (χ1) is 30.5. The van der Waals surface area contributed by atoms with Gasteiger partial charge in [0.25, 0.3) is 5.56 Å². The third-order valence-corrected chi connectivity index (χ3v) is 16.3. The number of unbranched alkanes of at least 4 members (excludes halogenated alkanes) is 13. The van der Waals surface area contributed by atoms with Crippen molar-refractivity contribution in [1.29, 1.82) is 0 Å². The molecule has 1 aromatic carbocycles. The quantitative estimate of drug-likeness (QED) is 0.0503. The molecule has 1 fully saturated rings. The first-order valence-corrected chi connectivity index (χ1v) is 40.2. The fourth-order valence-corrected chi connectivity index (χ4v) is 14.2. The van der Waals surface area contributed by atoms with Crippen LogP contribution in [0.3, 0.4) is 0 Å². The Morgan fingerprint density at radius 2 is 1.12 bits per heavy atom. The Morgan fingerprint density at radius 3 is 1.68 bits per heavy atom. The number of benzene rings is 1. The lowest BCUT2D eigenvalue weighted by Gasteiger charge is -2.38. The molecule has 1 aliphatic heterocycles. The highest BCUT2D eigenvalue weighted by Gasteiger charge is 2.38. The van der Waals surface area contributed by atoms with Gasteiger partial charge in [-0.25, -0.2) is 0 Å².